The largest absolute Gasteiger partial charge is 0.482 e. The van der Waals surface area contributed by atoms with Crippen LogP contribution in [0.2, 0.25) is 0 Å². The lowest BCUT2D eigenvalue weighted by molar-refractivity contribution is 0.227. The number of fused-ring (bicyclic) bond motifs is 7. The summed E-state index contributed by atoms with van der Waals surface area (Å²) in [5.74, 6) is 0.345. The van der Waals surface area contributed by atoms with E-state index in [1.54, 1.807) is 19.3 Å². The van der Waals surface area contributed by atoms with Crippen LogP contribution < -0.4 is 10.5 Å². The normalized spacial score (nSPS) is 15.2. The van der Waals surface area contributed by atoms with Gasteiger partial charge in [0.1, 0.15) is 17.6 Å². The molecule has 0 radical (unpaired) electrons. The molecule has 4 aromatic rings. The number of nitrogen functional groups attached to an aromatic ring is 1. The van der Waals surface area contributed by atoms with E-state index in [-0.39, 0.29) is 11.6 Å². The number of nitrogens with zero attached hydrogens (tertiary/aromatic N) is 6. The summed E-state index contributed by atoms with van der Waals surface area (Å²) >= 11 is 0. The Bertz CT molecular complexity index is 1290. The van der Waals surface area contributed by atoms with Gasteiger partial charge in [0.05, 0.1) is 11.4 Å². The first kappa shape index (κ1) is 19.2. The molecule has 1 aliphatic heterocycles. The van der Waals surface area contributed by atoms with Crippen LogP contribution in [0.4, 0.5) is 10.2 Å². The number of hydrogen-bond donors (Lipinski definition) is 1. The number of aromatic nitrogens is 6. The van der Waals surface area contributed by atoms with E-state index in [1.807, 2.05) is 30.8 Å². The van der Waals surface area contributed by atoms with Crippen molar-refractivity contribution in [2.24, 2.45) is 7.05 Å². The number of ether oxygens (including phenoxy) is 1. The molecule has 0 saturated carbocycles. The fourth-order valence-electron chi connectivity index (χ4n) is 3.97. The molecule has 3 aromatic heterocycles. The third-order valence-electron chi connectivity index (χ3n) is 5.47. The first-order valence-corrected chi connectivity index (χ1v) is 10.1. The summed E-state index contributed by atoms with van der Waals surface area (Å²) in [6.07, 6.45) is 3.72. The molecule has 0 saturated heterocycles. The molecule has 0 unspecified atom stereocenters. The van der Waals surface area contributed by atoms with Crippen molar-refractivity contribution in [2.45, 2.75) is 32.9 Å². The molecule has 9 heteroatoms. The summed E-state index contributed by atoms with van der Waals surface area (Å²) in [5, 5.41) is 13.9. The molecule has 0 fully saturated rings. The van der Waals surface area contributed by atoms with Gasteiger partial charge < -0.3 is 10.5 Å². The Morgan fingerprint density at radius 3 is 2.84 bits per heavy atom. The van der Waals surface area contributed by atoms with Gasteiger partial charge in [-0.1, -0.05) is 0 Å². The molecule has 4 heterocycles. The van der Waals surface area contributed by atoms with Crippen LogP contribution in [0.25, 0.3) is 22.5 Å². The number of halogens is 1. The van der Waals surface area contributed by atoms with Crippen molar-refractivity contribution < 1.29 is 9.13 Å². The highest BCUT2D eigenvalue weighted by molar-refractivity contribution is 5.70. The lowest BCUT2D eigenvalue weighted by Crippen LogP contribution is -2.09. The molecule has 2 N–H and O–H groups in total. The fourth-order valence-corrected chi connectivity index (χ4v) is 3.97. The van der Waals surface area contributed by atoms with Crippen molar-refractivity contribution in [2.75, 3.05) is 5.73 Å². The van der Waals surface area contributed by atoms with E-state index in [2.05, 4.69) is 15.2 Å². The Labute approximate surface area is 178 Å². The molecular weight excluding hydrogens is 397 g/mol. The van der Waals surface area contributed by atoms with Gasteiger partial charge in [-0.25, -0.2) is 9.37 Å². The molecule has 1 aromatic carbocycles. The summed E-state index contributed by atoms with van der Waals surface area (Å²) in [6.45, 7) is 4.61. The number of benzene rings is 1. The van der Waals surface area contributed by atoms with Crippen molar-refractivity contribution in [3.63, 3.8) is 0 Å². The maximum atomic E-state index is 14.2. The average molecular weight is 419 g/mol. The second-order valence-electron chi connectivity index (χ2n) is 7.62. The fraction of sp³-hybridized carbons (Fsp3) is 0.273. The lowest BCUT2D eigenvalue weighted by Gasteiger charge is -2.20. The highest BCUT2D eigenvalue weighted by Gasteiger charge is 2.24. The van der Waals surface area contributed by atoms with Crippen molar-refractivity contribution >= 4 is 5.82 Å². The van der Waals surface area contributed by atoms with Gasteiger partial charge in [0.25, 0.3) is 0 Å². The van der Waals surface area contributed by atoms with Gasteiger partial charge in [-0.3, -0.25) is 4.68 Å². The Hall–Kier alpha value is -3.75. The van der Waals surface area contributed by atoms with Crippen LogP contribution in [0.3, 0.4) is 0 Å². The van der Waals surface area contributed by atoms with Crippen molar-refractivity contribution in [3.8, 4) is 28.3 Å². The molecule has 0 amide bonds. The number of anilines is 1. The van der Waals surface area contributed by atoms with E-state index >= 15 is 0 Å². The molecule has 158 valence electrons. The van der Waals surface area contributed by atoms with Gasteiger partial charge in [0.2, 0.25) is 0 Å². The van der Waals surface area contributed by atoms with Crippen molar-refractivity contribution in [1.29, 1.82) is 0 Å². The van der Waals surface area contributed by atoms with Crippen LogP contribution in [0.1, 0.15) is 36.8 Å². The van der Waals surface area contributed by atoms with Gasteiger partial charge in [-0.2, -0.15) is 20.1 Å². The highest BCUT2D eigenvalue weighted by Crippen LogP contribution is 2.37. The average Bonchev–Trinajstić information content (AvgIpc) is 3.32. The van der Waals surface area contributed by atoms with Gasteiger partial charge >= 0.3 is 0 Å². The summed E-state index contributed by atoms with van der Waals surface area (Å²) in [4.78, 5) is 5.85. The molecule has 2 bridgehead atoms. The van der Waals surface area contributed by atoms with Crippen molar-refractivity contribution in [3.05, 3.63) is 59.3 Å². The maximum absolute atomic E-state index is 14.2. The molecule has 8 nitrogen and oxygen atoms in total. The third-order valence-corrected chi connectivity index (χ3v) is 5.47. The van der Waals surface area contributed by atoms with Gasteiger partial charge in [-0.05, 0) is 38.1 Å². The zero-order valence-electron chi connectivity index (χ0n) is 17.5. The third kappa shape index (κ3) is 3.31. The summed E-state index contributed by atoms with van der Waals surface area (Å²) in [6, 6.07) is 6.45. The first-order chi connectivity index (χ1) is 14.9. The van der Waals surface area contributed by atoms with E-state index in [9.17, 15) is 4.39 Å². The van der Waals surface area contributed by atoms with Crippen LogP contribution in [-0.2, 0) is 20.0 Å². The second-order valence-corrected chi connectivity index (χ2v) is 7.62. The molecule has 31 heavy (non-hydrogen) atoms. The molecule has 1 aliphatic rings. The van der Waals surface area contributed by atoms with Crippen LogP contribution in [0.5, 0.6) is 5.75 Å². The van der Waals surface area contributed by atoms with Gasteiger partial charge in [0.15, 0.2) is 11.6 Å². The van der Waals surface area contributed by atoms with E-state index in [0.29, 0.717) is 23.4 Å². The minimum Gasteiger partial charge on any atom is -0.482 e. The first-order valence-electron chi connectivity index (χ1n) is 10.1. The Balaban J connectivity index is 1.80. The standard InChI is InChI=1S/C22H22FN7O/c1-4-30-11-14-7-18-21(27-29(3)26-18)16-6-5-15(23)9-17(16)12(2)31-19-8-13(20(14)28-30)10-25-22(19)24/h5-6,8-12H,4,7H2,1-3H3,(H2,24,25)/t12-/m1/s1. The number of pyridine rings is 1. The predicted molar refractivity (Wildman–Crippen MR) is 114 cm³/mol. The van der Waals surface area contributed by atoms with Crippen LogP contribution in [-0.4, -0.2) is 29.8 Å². The molecule has 0 spiro atoms. The second kappa shape index (κ2) is 7.19. The minimum atomic E-state index is -0.494. The summed E-state index contributed by atoms with van der Waals surface area (Å²) in [5.41, 5.74) is 11.6. The summed E-state index contributed by atoms with van der Waals surface area (Å²) in [7, 11) is 1.78. The number of hydrogen-bond acceptors (Lipinski definition) is 6. The predicted octanol–water partition coefficient (Wildman–Crippen LogP) is 3.53. The van der Waals surface area contributed by atoms with Crippen LogP contribution in [0, 0.1) is 5.82 Å². The van der Waals surface area contributed by atoms with E-state index in [1.165, 1.54) is 16.9 Å². The van der Waals surface area contributed by atoms with Crippen LogP contribution >= 0.6 is 0 Å². The number of nitrogens with two attached hydrogens (primary N) is 1. The molecule has 1 atom stereocenters. The zero-order chi connectivity index (χ0) is 21.7. The smallest absolute Gasteiger partial charge is 0.166 e. The molecule has 0 aliphatic carbocycles. The maximum Gasteiger partial charge on any atom is 0.166 e. The molecular formula is C22H22FN7O. The van der Waals surface area contributed by atoms with E-state index < -0.39 is 6.10 Å². The minimum absolute atomic E-state index is 0.266. The van der Waals surface area contributed by atoms with E-state index in [0.717, 1.165) is 34.6 Å². The quantitative estimate of drug-likeness (QED) is 0.507. The topological polar surface area (TPSA) is 96.7 Å². The molecule has 5 rings (SSSR count). The Kier molecular flexibility index (Phi) is 4.46. The van der Waals surface area contributed by atoms with Crippen LogP contribution in [0.15, 0.2) is 36.7 Å². The Morgan fingerprint density at radius 2 is 2.03 bits per heavy atom. The Morgan fingerprint density at radius 1 is 1.19 bits per heavy atom. The lowest BCUT2D eigenvalue weighted by atomic mass is 9.96. The highest BCUT2D eigenvalue weighted by atomic mass is 19.1. The number of rotatable bonds is 1. The number of aryl methyl sites for hydroxylation is 2. The monoisotopic (exact) mass is 419 g/mol. The zero-order valence-corrected chi connectivity index (χ0v) is 17.5. The van der Waals surface area contributed by atoms with E-state index in [4.69, 9.17) is 15.6 Å². The van der Waals surface area contributed by atoms with Gasteiger partial charge in [-0.15, -0.1) is 0 Å². The summed E-state index contributed by atoms with van der Waals surface area (Å²) < 4.78 is 22.2. The van der Waals surface area contributed by atoms with Gasteiger partial charge in [0, 0.05) is 54.7 Å². The van der Waals surface area contributed by atoms with Crippen molar-refractivity contribution in [1.82, 2.24) is 29.8 Å². The SMILES string of the molecule is CCn1cc2c(n1)-c1cnc(N)c(c1)O[C@H](C)c1cc(F)ccc1-c1nn(C)nc1C2.